The summed E-state index contributed by atoms with van der Waals surface area (Å²) in [6, 6.07) is 4.87. The Hall–Kier alpha value is -1.01. The van der Waals surface area contributed by atoms with Crippen molar-refractivity contribution in [1.29, 1.82) is 0 Å². The van der Waals surface area contributed by atoms with E-state index in [1.807, 2.05) is 0 Å². The van der Waals surface area contributed by atoms with Crippen molar-refractivity contribution in [3.8, 4) is 0 Å². The quantitative estimate of drug-likeness (QED) is 0.335. The van der Waals surface area contributed by atoms with Crippen molar-refractivity contribution in [1.82, 2.24) is 0 Å². The maximum absolute atomic E-state index is 13.2. The number of alkyl halides is 2. The molecule has 0 N–H and O–H groups in total. The highest BCUT2D eigenvalue weighted by molar-refractivity contribution is 7.62. The van der Waals surface area contributed by atoms with Crippen molar-refractivity contribution >= 4 is 30.2 Å². The molecule has 106 valence electrons. The molecule has 0 saturated heterocycles. The van der Waals surface area contributed by atoms with Crippen molar-refractivity contribution in [2.24, 2.45) is 0 Å². The molecular formula is C10H12ClFNO5P. The van der Waals surface area contributed by atoms with Crippen LogP contribution in [0.25, 0.3) is 0 Å². The molecule has 0 aromatic heterocycles. The summed E-state index contributed by atoms with van der Waals surface area (Å²) in [6.07, 6.45) is -1.99. The molecule has 9 heteroatoms. The third kappa shape index (κ3) is 4.24. The molecule has 0 radical (unpaired) electrons. The molecule has 2 atom stereocenters. The first-order valence-electron chi connectivity index (χ1n) is 5.31. The molecule has 19 heavy (non-hydrogen) atoms. The molecule has 0 saturated carbocycles. The number of benzene rings is 1. The lowest BCUT2D eigenvalue weighted by atomic mass is 10.3. The van der Waals surface area contributed by atoms with Crippen LogP contribution in [0.5, 0.6) is 0 Å². The fourth-order valence-electron chi connectivity index (χ4n) is 1.29. The van der Waals surface area contributed by atoms with Crippen LogP contribution in [0, 0.1) is 10.1 Å². The van der Waals surface area contributed by atoms with E-state index in [-0.39, 0.29) is 17.6 Å². The molecule has 0 aliphatic heterocycles. The number of non-ortho nitro benzene ring substituents is 1. The van der Waals surface area contributed by atoms with E-state index in [2.05, 4.69) is 4.52 Å². The van der Waals surface area contributed by atoms with Crippen LogP contribution in [-0.2, 0) is 13.6 Å². The monoisotopic (exact) mass is 311 g/mol. The smallest absolute Gasteiger partial charge is 0.305 e. The van der Waals surface area contributed by atoms with Crippen molar-refractivity contribution < 1.29 is 22.9 Å². The van der Waals surface area contributed by atoms with Crippen molar-refractivity contribution in [3.63, 3.8) is 0 Å². The van der Waals surface area contributed by atoms with Gasteiger partial charge < -0.3 is 4.52 Å². The summed E-state index contributed by atoms with van der Waals surface area (Å²) >= 11 is 5.24. The van der Waals surface area contributed by atoms with E-state index in [9.17, 15) is 19.1 Å². The van der Waals surface area contributed by atoms with E-state index in [0.717, 1.165) is 6.07 Å². The van der Waals surface area contributed by atoms with Gasteiger partial charge >= 0.3 is 7.60 Å². The number of nitro benzene ring substituents is 1. The highest BCUT2D eigenvalue weighted by Gasteiger charge is 2.32. The minimum Gasteiger partial charge on any atom is -0.305 e. The Morgan fingerprint density at radius 2 is 2.26 bits per heavy atom. The third-order valence-electron chi connectivity index (χ3n) is 2.03. The number of halogens is 2. The standard InChI is InChI=1S/C10H12ClFNO5P/c1-2-17-19(16,18-10(12)7-11)9-5-3-4-8(6-9)13(14)15/h3-6,10H,2,7H2,1H3. The zero-order valence-corrected chi connectivity index (χ0v) is 11.6. The van der Waals surface area contributed by atoms with Gasteiger partial charge in [0.25, 0.3) is 5.69 Å². The second-order valence-electron chi connectivity index (χ2n) is 3.36. The molecule has 0 bridgehead atoms. The normalized spacial score (nSPS) is 15.7. The molecule has 1 aromatic carbocycles. The summed E-state index contributed by atoms with van der Waals surface area (Å²) < 4.78 is 35.1. The summed E-state index contributed by atoms with van der Waals surface area (Å²) in [7, 11) is -3.97. The van der Waals surface area contributed by atoms with Crippen molar-refractivity contribution in [3.05, 3.63) is 34.4 Å². The number of nitro groups is 1. The Morgan fingerprint density at radius 1 is 1.58 bits per heavy atom. The van der Waals surface area contributed by atoms with E-state index in [1.54, 1.807) is 6.92 Å². The fraction of sp³-hybridized carbons (Fsp3) is 0.400. The molecule has 0 aliphatic carbocycles. The first-order valence-corrected chi connectivity index (χ1v) is 7.38. The minimum atomic E-state index is -3.97. The van der Waals surface area contributed by atoms with Crippen LogP contribution in [-0.4, -0.2) is 23.8 Å². The molecule has 0 heterocycles. The van der Waals surface area contributed by atoms with Gasteiger partial charge in [-0.1, -0.05) is 6.07 Å². The summed E-state index contributed by atoms with van der Waals surface area (Å²) in [6.45, 7) is 1.54. The molecular weight excluding hydrogens is 300 g/mol. The van der Waals surface area contributed by atoms with Crippen LogP contribution in [0.15, 0.2) is 24.3 Å². The van der Waals surface area contributed by atoms with Gasteiger partial charge in [-0.25, -0.2) is 4.39 Å². The fourth-order valence-corrected chi connectivity index (χ4v) is 3.05. The second kappa shape index (κ2) is 6.96. The van der Waals surface area contributed by atoms with Gasteiger partial charge in [-0.3, -0.25) is 19.2 Å². The predicted molar refractivity (Wildman–Crippen MR) is 68.7 cm³/mol. The Labute approximate surface area is 114 Å². The molecule has 0 spiro atoms. The third-order valence-corrected chi connectivity index (χ3v) is 4.29. The van der Waals surface area contributed by atoms with Crippen LogP contribution >= 0.6 is 19.2 Å². The summed E-state index contributed by atoms with van der Waals surface area (Å²) in [4.78, 5) is 10.00. The SMILES string of the molecule is CCOP(=O)(OC(F)CCl)c1cccc([N+](=O)[O-])c1. The first-order chi connectivity index (χ1) is 8.92. The molecule has 1 rings (SSSR count). The average molecular weight is 312 g/mol. The molecule has 1 aromatic rings. The number of hydrogen-bond donors (Lipinski definition) is 0. The predicted octanol–water partition coefficient (Wildman–Crippen LogP) is 3.00. The van der Waals surface area contributed by atoms with Crippen LogP contribution in [0.3, 0.4) is 0 Å². The Morgan fingerprint density at radius 3 is 2.79 bits per heavy atom. The summed E-state index contributed by atoms with van der Waals surface area (Å²) in [5.41, 5.74) is -0.290. The highest BCUT2D eigenvalue weighted by atomic mass is 35.5. The van der Waals surface area contributed by atoms with Gasteiger partial charge in [0, 0.05) is 12.1 Å². The van der Waals surface area contributed by atoms with Gasteiger partial charge in [0.2, 0.25) is 6.36 Å². The maximum atomic E-state index is 13.2. The number of rotatable bonds is 7. The zero-order chi connectivity index (χ0) is 14.5. The largest absolute Gasteiger partial charge is 0.364 e. The van der Waals surface area contributed by atoms with Gasteiger partial charge in [0.15, 0.2) is 0 Å². The molecule has 0 aliphatic rings. The van der Waals surface area contributed by atoms with Crippen LogP contribution in [0.4, 0.5) is 10.1 Å². The van der Waals surface area contributed by atoms with E-state index in [4.69, 9.17) is 16.1 Å². The Bertz CT molecular complexity index is 501. The lowest BCUT2D eigenvalue weighted by Gasteiger charge is -2.19. The van der Waals surface area contributed by atoms with Crippen LogP contribution < -0.4 is 5.30 Å². The Balaban J connectivity index is 3.14. The van der Waals surface area contributed by atoms with Crippen LogP contribution in [0.1, 0.15) is 6.92 Å². The number of hydrogen-bond acceptors (Lipinski definition) is 5. The average Bonchev–Trinajstić information content (AvgIpc) is 2.39. The van der Waals surface area contributed by atoms with Gasteiger partial charge in [-0.15, -0.1) is 11.6 Å². The van der Waals surface area contributed by atoms with E-state index >= 15 is 0 Å². The lowest BCUT2D eigenvalue weighted by molar-refractivity contribution is -0.384. The number of nitrogens with zero attached hydrogens (tertiary/aromatic N) is 1. The Kier molecular flexibility index (Phi) is 5.87. The summed E-state index contributed by atoms with van der Waals surface area (Å²) in [5, 5.41) is 10.6. The zero-order valence-electron chi connectivity index (χ0n) is 9.99. The van der Waals surface area contributed by atoms with Gasteiger partial charge in [-0.05, 0) is 13.0 Å². The molecule has 6 nitrogen and oxygen atoms in total. The van der Waals surface area contributed by atoms with Crippen molar-refractivity contribution in [2.75, 3.05) is 12.5 Å². The minimum absolute atomic E-state index is 0.00498. The summed E-state index contributed by atoms with van der Waals surface area (Å²) in [5.74, 6) is -0.522. The second-order valence-corrected chi connectivity index (χ2v) is 5.65. The molecule has 2 unspecified atom stereocenters. The van der Waals surface area contributed by atoms with Gasteiger partial charge in [0.1, 0.15) is 0 Å². The van der Waals surface area contributed by atoms with Crippen LogP contribution in [0.2, 0.25) is 0 Å². The first kappa shape index (κ1) is 16.0. The lowest BCUT2D eigenvalue weighted by Crippen LogP contribution is -2.16. The van der Waals surface area contributed by atoms with Gasteiger partial charge in [0.05, 0.1) is 22.7 Å². The van der Waals surface area contributed by atoms with Gasteiger partial charge in [-0.2, -0.15) is 0 Å². The van der Waals surface area contributed by atoms with E-state index in [0.29, 0.717) is 0 Å². The topological polar surface area (TPSA) is 78.7 Å². The molecule has 0 fully saturated rings. The van der Waals surface area contributed by atoms with E-state index < -0.39 is 24.8 Å². The maximum Gasteiger partial charge on any atom is 0.364 e. The molecule has 0 amide bonds. The van der Waals surface area contributed by atoms with E-state index in [1.165, 1.54) is 18.2 Å². The van der Waals surface area contributed by atoms with Crippen molar-refractivity contribution in [2.45, 2.75) is 13.3 Å². The highest BCUT2D eigenvalue weighted by Crippen LogP contribution is 2.48.